The van der Waals surface area contributed by atoms with E-state index in [1.807, 2.05) is 0 Å². The van der Waals surface area contributed by atoms with Crippen LogP contribution >= 0.6 is 23.2 Å². The third-order valence-corrected chi connectivity index (χ3v) is 5.91. The Hall–Kier alpha value is -1.30. The molecule has 0 bridgehead atoms. The van der Waals surface area contributed by atoms with Crippen LogP contribution < -0.4 is 0 Å². The maximum atomic E-state index is 13.7. The molecule has 2 rings (SSSR count). The molecular weight excluding hydrogens is 425 g/mol. The summed E-state index contributed by atoms with van der Waals surface area (Å²) in [7, 11) is -9.73. The molecule has 0 aliphatic carbocycles. The van der Waals surface area contributed by atoms with Crippen molar-refractivity contribution in [2.24, 2.45) is 0 Å². The standard InChI is InChI=1S/C13H8Cl2F2O6S2/c14-12-6(10(24(18,19)20)3-1-8(12)16)5-7-11(25(21,22)23)4-2-9(17)13(7)15/h1-4H,5H2,(H,18,19,20)(H,21,22,23). The predicted octanol–water partition coefficient (Wildman–Crippen LogP) is 3.36. The van der Waals surface area contributed by atoms with Gasteiger partial charge in [-0.05, 0) is 35.4 Å². The van der Waals surface area contributed by atoms with E-state index in [2.05, 4.69) is 0 Å². The van der Waals surface area contributed by atoms with E-state index in [0.717, 1.165) is 0 Å². The van der Waals surface area contributed by atoms with Gasteiger partial charge in [-0.2, -0.15) is 16.8 Å². The summed E-state index contributed by atoms with van der Waals surface area (Å²) >= 11 is 11.4. The van der Waals surface area contributed by atoms with Gasteiger partial charge in [-0.25, -0.2) is 8.78 Å². The van der Waals surface area contributed by atoms with Gasteiger partial charge in [0.05, 0.1) is 19.8 Å². The summed E-state index contributed by atoms with van der Waals surface area (Å²) in [5.74, 6) is -2.13. The van der Waals surface area contributed by atoms with E-state index in [4.69, 9.17) is 23.2 Å². The van der Waals surface area contributed by atoms with Crippen LogP contribution in [-0.2, 0) is 26.7 Å². The van der Waals surface area contributed by atoms with Gasteiger partial charge < -0.3 is 0 Å². The maximum Gasteiger partial charge on any atom is 0.294 e. The minimum absolute atomic E-state index is 0.554. The van der Waals surface area contributed by atoms with Gasteiger partial charge in [0, 0.05) is 6.42 Å². The molecule has 136 valence electrons. The molecule has 0 saturated heterocycles. The largest absolute Gasteiger partial charge is 0.294 e. The van der Waals surface area contributed by atoms with Gasteiger partial charge in [0.2, 0.25) is 0 Å². The molecule has 0 unspecified atom stereocenters. The minimum Gasteiger partial charge on any atom is -0.282 e. The second-order valence-electron chi connectivity index (χ2n) is 4.80. The van der Waals surface area contributed by atoms with Gasteiger partial charge in [0.15, 0.2) is 0 Å². The van der Waals surface area contributed by atoms with Crippen molar-refractivity contribution >= 4 is 43.4 Å². The van der Waals surface area contributed by atoms with E-state index in [9.17, 15) is 34.7 Å². The Kier molecular flexibility index (Phi) is 5.43. The second-order valence-corrected chi connectivity index (χ2v) is 8.34. The lowest BCUT2D eigenvalue weighted by Gasteiger charge is -2.14. The molecule has 0 amide bonds. The van der Waals surface area contributed by atoms with Crippen LogP contribution in [0.3, 0.4) is 0 Å². The summed E-state index contributed by atoms with van der Waals surface area (Å²) in [6.45, 7) is 0. The zero-order valence-corrected chi connectivity index (χ0v) is 15.0. The van der Waals surface area contributed by atoms with Crippen LogP contribution in [0.25, 0.3) is 0 Å². The van der Waals surface area contributed by atoms with Crippen LogP contribution in [0.4, 0.5) is 8.78 Å². The van der Waals surface area contributed by atoms with Crippen LogP contribution in [0.15, 0.2) is 34.1 Å². The molecular formula is C13H8Cl2F2O6S2. The Labute approximate surface area is 151 Å². The lowest BCUT2D eigenvalue weighted by molar-refractivity contribution is 0.481. The van der Waals surface area contributed by atoms with E-state index in [-0.39, 0.29) is 0 Å². The van der Waals surface area contributed by atoms with Crippen LogP contribution in [0.1, 0.15) is 11.1 Å². The average molecular weight is 433 g/mol. The van der Waals surface area contributed by atoms with Crippen molar-refractivity contribution in [3.8, 4) is 0 Å². The third-order valence-electron chi connectivity index (χ3n) is 3.22. The normalized spacial score (nSPS) is 12.4. The predicted molar refractivity (Wildman–Crippen MR) is 85.3 cm³/mol. The molecule has 2 aromatic carbocycles. The Bertz CT molecular complexity index is 983. The lowest BCUT2D eigenvalue weighted by atomic mass is 10.0. The zero-order chi connectivity index (χ0) is 19.2. The summed E-state index contributed by atoms with van der Waals surface area (Å²) in [6, 6.07) is 2.75. The van der Waals surface area contributed by atoms with Crippen molar-refractivity contribution in [2.45, 2.75) is 16.2 Å². The molecule has 0 aromatic heterocycles. The number of halogens is 4. The summed E-state index contributed by atoms with van der Waals surface area (Å²) in [6.07, 6.45) is -0.794. The molecule has 0 aliphatic rings. The highest BCUT2D eigenvalue weighted by molar-refractivity contribution is 7.86. The molecule has 25 heavy (non-hydrogen) atoms. The van der Waals surface area contributed by atoms with Gasteiger partial charge >= 0.3 is 0 Å². The third kappa shape index (κ3) is 4.10. The van der Waals surface area contributed by atoms with E-state index < -0.39 is 69.3 Å². The molecule has 0 atom stereocenters. The quantitative estimate of drug-likeness (QED) is 0.716. The minimum atomic E-state index is -4.86. The van der Waals surface area contributed by atoms with Crippen molar-refractivity contribution in [3.05, 3.63) is 57.1 Å². The molecule has 6 nitrogen and oxygen atoms in total. The highest BCUT2D eigenvalue weighted by Gasteiger charge is 2.26. The van der Waals surface area contributed by atoms with Crippen molar-refractivity contribution in [3.63, 3.8) is 0 Å². The smallest absolute Gasteiger partial charge is 0.282 e. The molecule has 2 aromatic rings. The summed E-state index contributed by atoms with van der Waals surface area (Å²) in [5, 5.41) is -1.48. The number of hydrogen-bond acceptors (Lipinski definition) is 4. The van der Waals surface area contributed by atoms with Gasteiger partial charge in [-0.3, -0.25) is 9.11 Å². The van der Waals surface area contributed by atoms with Gasteiger partial charge in [-0.15, -0.1) is 0 Å². The molecule has 0 heterocycles. The number of benzene rings is 2. The first-order chi connectivity index (χ1) is 11.3. The molecule has 0 aliphatic heterocycles. The second kappa shape index (κ2) is 6.78. The summed E-state index contributed by atoms with van der Waals surface area (Å²) < 4.78 is 91.6. The van der Waals surface area contributed by atoms with E-state index in [0.29, 0.717) is 24.3 Å². The highest BCUT2D eigenvalue weighted by atomic mass is 35.5. The lowest BCUT2D eigenvalue weighted by Crippen LogP contribution is -2.10. The Morgan fingerprint density at radius 2 is 1.08 bits per heavy atom. The maximum absolute atomic E-state index is 13.7. The van der Waals surface area contributed by atoms with Crippen LogP contribution in [0, 0.1) is 11.6 Å². The molecule has 0 spiro atoms. The van der Waals surface area contributed by atoms with Crippen molar-refractivity contribution in [2.75, 3.05) is 0 Å². The fraction of sp³-hybridized carbons (Fsp3) is 0.0769. The van der Waals surface area contributed by atoms with Gasteiger partial charge in [0.1, 0.15) is 11.6 Å². The van der Waals surface area contributed by atoms with Crippen LogP contribution in [0.2, 0.25) is 10.0 Å². The van der Waals surface area contributed by atoms with Crippen molar-refractivity contribution in [1.82, 2.24) is 0 Å². The molecule has 0 saturated carbocycles. The first-order valence-corrected chi connectivity index (χ1v) is 9.86. The molecule has 12 heteroatoms. The highest BCUT2D eigenvalue weighted by Crippen LogP contribution is 2.34. The number of rotatable bonds is 4. The average Bonchev–Trinajstić information content (AvgIpc) is 2.46. The SMILES string of the molecule is O=S(=O)(O)c1ccc(F)c(Cl)c1Cc1c(S(=O)(=O)O)ccc(F)c1Cl. The summed E-state index contributed by atoms with van der Waals surface area (Å²) in [5.41, 5.74) is -1.11. The first-order valence-electron chi connectivity index (χ1n) is 6.22. The first kappa shape index (κ1) is 20.0. The monoisotopic (exact) mass is 432 g/mol. The molecule has 0 radical (unpaired) electrons. The van der Waals surface area contributed by atoms with E-state index in [1.54, 1.807) is 0 Å². The van der Waals surface area contributed by atoms with Gasteiger partial charge in [0.25, 0.3) is 20.2 Å². The molecule has 0 fully saturated rings. The summed E-state index contributed by atoms with van der Waals surface area (Å²) in [4.78, 5) is -1.64. The van der Waals surface area contributed by atoms with Crippen LogP contribution in [-0.4, -0.2) is 25.9 Å². The Morgan fingerprint density at radius 1 is 0.760 bits per heavy atom. The van der Waals surface area contributed by atoms with E-state index >= 15 is 0 Å². The number of hydrogen-bond donors (Lipinski definition) is 2. The Morgan fingerprint density at radius 3 is 1.36 bits per heavy atom. The Balaban J connectivity index is 2.82. The van der Waals surface area contributed by atoms with Crippen LogP contribution in [0.5, 0.6) is 0 Å². The topological polar surface area (TPSA) is 109 Å². The fourth-order valence-corrected chi connectivity index (χ4v) is 4.17. The molecule has 2 N–H and O–H groups in total. The van der Waals surface area contributed by atoms with Gasteiger partial charge in [-0.1, -0.05) is 23.2 Å². The van der Waals surface area contributed by atoms with Crippen molar-refractivity contribution < 1.29 is 34.7 Å². The zero-order valence-electron chi connectivity index (χ0n) is 11.9. The van der Waals surface area contributed by atoms with Crippen molar-refractivity contribution in [1.29, 1.82) is 0 Å². The van der Waals surface area contributed by atoms with E-state index in [1.165, 1.54) is 0 Å². The fourth-order valence-electron chi connectivity index (χ4n) is 2.14.